The van der Waals surface area contributed by atoms with Crippen LogP contribution in [0, 0.1) is 6.92 Å². The first kappa shape index (κ1) is 23.7. The molecule has 3 aromatic carbocycles. The molecule has 4 rings (SSSR count). The van der Waals surface area contributed by atoms with Crippen molar-refractivity contribution in [3.05, 3.63) is 99.6 Å². The lowest BCUT2D eigenvalue weighted by molar-refractivity contribution is -0.122. The summed E-state index contributed by atoms with van der Waals surface area (Å²) < 4.78 is 5.77. The van der Waals surface area contributed by atoms with Crippen LogP contribution in [0.25, 0.3) is 6.08 Å². The maximum Gasteiger partial charge on any atom is 0.335 e. The highest BCUT2D eigenvalue weighted by atomic mass is 35.5. The standard InChI is InChI=1S/C26H19ClN2O6/c1-15-5-10-19(27)13-22(15)29-24(31)21(23(30)28-26(29)34)12-17-3-2-4-20(11-17)35-14-16-6-8-18(9-7-16)25(32)33/h2-13H,14H2,1H3,(H,32,33)(H,28,30,34)/b21-12-. The Kier molecular flexibility index (Phi) is 6.66. The monoisotopic (exact) mass is 490 g/mol. The second kappa shape index (κ2) is 9.82. The Bertz CT molecular complexity index is 1380. The number of amides is 4. The number of aryl methyl sites for hydroxylation is 1. The van der Waals surface area contributed by atoms with Gasteiger partial charge in [0.05, 0.1) is 11.3 Å². The molecule has 9 heteroatoms. The molecule has 1 aliphatic heterocycles. The summed E-state index contributed by atoms with van der Waals surface area (Å²) in [7, 11) is 0. The van der Waals surface area contributed by atoms with Crippen molar-refractivity contribution in [3.63, 3.8) is 0 Å². The van der Waals surface area contributed by atoms with Crippen molar-refractivity contribution < 1.29 is 29.0 Å². The first-order chi connectivity index (χ1) is 16.7. The van der Waals surface area contributed by atoms with Crippen molar-refractivity contribution in [3.8, 4) is 5.75 Å². The fourth-order valence-corrected chi connectivity index (χ4v) is 3.64. The van der Waals surface area contributed by atoms with Gasteiger partial charge in [-0.3, -0.25) is 14.9 Å². The molecule has 3 aromatic rings. The number of hydrogen-bond acceptors (Lipinski definition) is 5. The number of carbonyl (C=O) groups is 4. The average Bonchev–Trinajstić information content (AvgIpc) is 2.83. The lowest BCUT2D eigenvalue weighted by atomic mass is 10.1. The van der Waals surface area contributed by atoms with Crippen molar-refractivity contribution in [2.24, 2.45) is 0 Å². The molecule has 1 aliphatic rings. The number of urea groups is 1. The van der Waals surface area contributed by atoms with Gasteiger partial charge in [-0.1, -0.05) is 41.9 Å². The lowest BCUT2D eigenvalue weighted by Crippen LogP contribution is -2.54. The minimum Gasteiger partial charge on any atom is -0.489 e. The number of nitrogens with one attached hydrogen (secondary N) is 1. The number of hydrogen-bond donors (Lipinski definition) is 2. The van der Waals surface area contributed by atoms with E-state index in [-0.39, 0.29) is 23.4 Å². The number of nitrogens with zero attached hydrogens (tertiary/aromatic N) is 1. The van der Waals surface area contributed by atoms with E-state index in [1.165, 1.54) is 24.3 Å². The largest absolute Gasteiger partial charge is 0.489 e. The highest BCUT2D eigenvalue weighted by Crippen LogP contribution is 2.28. The number of aromatic carboxylic acids is 1. The topological polar surface area (TPSA) is 113 Å². The van der Waals surface area contributed by atoms with Gasteiger partial charge in [-0.15, -0.1) is 0 Å². The summed E-state index contributed by atoms with van der Waals surface area (Å²) in [6.07, 6.45) is 1.38. The molecule has 0 aromatic heterocycles. The second-order valence-electron chi connectivity index (χ2n) is 7.75. The quantitative estimate of drug-likeness (QED) is 0.386. The van der Waals surface area contributed by atoms with E-state index in [1.54, 1.807) is 55.5 Å². The number of barbiturate groups is 1. The summed E-state index contributed by atoms with van der Waals surface area (Å²) in [6, 6.07) is 17.0. The van der Waals surface area contributed by atoms with Crippen LogP contribution >= 0.6 is 11.6 Å². The van der Waals surface area contributed by atoms with Gasteiger partial charge >= 0.3 is 12.0 Å². The molecule has 4 amide bonds. The van der Waals surface area contributed by atoms with Crippen molar-refractivity contribution in [1.82, 2.24) is 5.32 Å². The Balaban J connectivity index is 1.56. The molecule has 0 aliphatic carbocycles. The normalized spacial score (nSPS) is 14.7. The van der Waals surface area contributed by atoms with Gasteiger partial charge in [0.25, 0.3) is 11.8 Å². The predicted octanol–water partition coefficient (Wildman–Crippen LogP) is 4.59. The zero-order chi connectivity index (χ0) is 25.1. The molecule has 0 spiro atoms. The Morgan fingerprint density at radius 3 is 2.51 bits per heavy atom. The molecule has 0 radical (unpaired) electrons. The summed E-state index contributed by atoms with van der Waals surface area (Å²) in [5, 5.41) is 11.5. The number of carboxylic acids is 1. The van der Waals surface area contributed by atoms with Crippen LogP contribution in [0.15, 0.2) is 72.3 Å². The summed E-state index contributed by atoms with van der Waals surface area (Å²) in [5.74, 6) is -2.11. The molecule has 35 heavy (non-hydrogen) atoms. The van der Waals surface area contributed by atoms with Crippen LogP contribution in [-0.4, -0.2) is 28.9 Å². The molecule has 0 bridgehead atoms. The molecular formula is C26H19ClN2O6. The minimum absolute atomic E-state index is 0.179. The average molecular weight is 491 g/mol. The number of carbonyl (C=O) groups excluding carboxylic acids is 3. The van der Waals surface area contributed by atoms with E-state index >= 15 is 0 Å². The maximum atomic E-state index is 13.1. The number of carboxylic acid groups (broad SMARTS) is 1. The molecule has 1 heterocycles. The summed E-state index contributed by atoms with van der Waals surface area (Å²) in [6.45, 7) is 1.91. The van der Waals surface area contributed by atoms with Crippen molar-refractivity contribution >= 4 is 47.2 Å². The maximum absolute atomic E-state index is 13.1. The number of imide groups is 2. The number of rotatable bonds is 6. The van der Waals surface area contributed by atoms with Gasteiger partial charge < -0.3 is 9.84 Å². The number of benzene rings is 3. The van der Waals surface area contributed by atoms with Gasteiger partial charge in [-0.2, -0.15) is 0 Å². The fraction of sp³-hybridized carbons (Fsp3) is 0.0769. The van der Waals surface area contributed by atoms with Crippen LogP contribution in [0.5, 0.6) is 5.75 Å². The third kappa shape index (κ3) is 5.23. The molecule has 1 fully saturated rings. The zero-order valence-corrected chi connectivity index (χ0v) is 19.2. The number of halogens is 1. The second-order valence-corrected chi connectivity index (χ2v) is 8.19. The Morgan fingerprint density at radius 2 is 1.80 bits per heavy atom. The van der Waals surface area contributed by atoms with Crippen LogP contribution in [0.2, 0.25) is 5.02 Å². The summed E-state index contributed by atoms with van der Waals surface area (Å²) in [4.78, 5) is 49.9. The Labute approximate surface area is 205 Å². The molecule has 0 saturated carbocycles. The molecule has 2 N–H and O–H groups in total. The lowest BCUT2D eigenvalue weighted by Gasteiger charge is -2.27. The molecule has 176 valence electrons. The molecule has 1 saturated heterocycles. The smallest absolute Gasteiger partial charge is 0.335 e. The van der Waals surface area contributed by atoms with Crippen molar-refractivity contribution in [2.45, 2.75) is 13.5 Å². The highest BCUT2D eigenvalue weighted by Gasteiger charge is 2.37. The fourth-order valence-electron chi connectivity index (χ4n) is 3.47. The number of anilines is 1. The first-order valence-corrected chi connectivity index (χ1v) is 10.8. The number of ether oxygens (including phenoxy) is 1. The van der Waals surface area contributed by atoms with Gasteiger partial charge in [0.1, 0.15) is 17.9 Å². The minimum atomic E-state index is -1.01. The van der Waals surface area contributed by atoms with Gasteiger partial charge in [0.2, 0.25) is 0 Å². The Morgan fingerprint density at radius 1 is 1.06 bits per heavy atom. The van der Waals surface area contributed by atoms with Crippen molar-refractivity contribution in [1.29, 1.82) is 0 Å². The van der Waals surface area contributed by atoms with E-state index in [0.29, 0.717) is 21.9 Å². The van der Waals surface area contributed by atoms with E-state index < -0.39 is 23.8 Å². The Hall–Kier alpha value is -4.43. The molecule has 0 unspecified atom stereocenters. The van der Waals surface area contributed by atoms with Crippen LogP contribution < -0.4 is 15.0 Å². The molecule has 0 atom stereocenters. The van der Waals surface area contributed by atoms with Crippen LogP contribution in [0.4, 0.5) is 10.5 Å². The molecule has 8 nitrogen and oxygen atoms in total. The third-order valence-corrected chi connectivity index (χ3v) is 5.52. The van der Waals surface area contributed by atoms with Gasteiger partial charge in [-0.25, -0.2) is 14.5 Å². The van der Waals surface area contributed by atoms with Crippen LogP contribution in [0.3, 0.4) is 0 Å². The van der Waals surface area contributed by atoms with Gasteiger partial charge in [0, 0.05) is 5.02 Å². The predicted molar refractivity (Wildman–Crippen MR) is 129 cm³/mol. The van der Waals surface area contributed by atoms with E-state index in [4.69, 9.17) is 21.4 Å². The zero-order valence-electron chi connectivity index (χ0n) is 18.4. The van der Waals surface area contributed by atoms with Crippen LogP contribution in [0.1, 0.15) is 27.0 Å². The van der Waals surface area contributed by atoms with E-state index in [1.807, 2.05) is 0 Å². The van der Waals surface area contributed by atoms with Crippen LogP contribution in [-0.2, 0) is 16.2 Å². The van der Waals surface area contributed by atoms with E-state index in [9.17, 15) is 19.2 Å². The van der Waals surface area contributed by atoms with Crippen molar-refractivity contribution in [2.75, 3.05) is 4.90 Å². The third-order valence-electron chi connectivity index (χ3n) is 5.29. The molecular weight excluding hydrogens is 472 g/mol. The van der Waals surface area contributed by atoms with Gasteiger partial charge in [0.15, 0.2) is 0 Å². The summed E-state index contributed by atoms with van der Waals surface area (Å²) in [5.41, 5.74) is 2.16. The van der Waals surface area contributed by atoms with E-state index in [0.717, 1.165) is 10.5 Å². The summed E-state index contributed by atoms with van der Waals surface area (Å²) >= 11 is 6.05. The SMILES string of the molecule is Cc1ccc(Cl)cc1N1C(=O)NC(=O)/C(=C/c2cccc(OCc3ccc(C(=O)O)cc3)c2)C1=O. The van der Waals surface area contributed by atoms with E-state index in [2.05, 4.69) is 5.32 Å². The van der Waals surface area contributed by atoms with Gasteiger partial charge in [-0.05, 0) is 66.1 Å². The highest BCUT2D eigenvalue weighted by molar-refractivity contribution is 6.39. The first-order valence-electron chi connectivity index (χ1n) is 10.5.